The molecular formula is C11H17ClN2OS. The molecule has 0 bridgehead atoms. The molecule has 0 aliphatic rings. The van der Waals surface area contributed by atoms with E-state index in [0.29, 0.717) is 23.4 Å². The molecule has 0 radical (unpaired) electrons. The molecule has 0 saturated carbocycles. The second kappa shape index (κ2) is 6.86. The normalized spacial score (nSPS) is 10.8. The lowest BCUT2D eigenvalue weighted by Crippen LogP contribution is -2.11. The van der Waals surface area contributed by atoms with E-state index in [0.717, 1.165) is 18.5 Å². The molecule has 1 N–H and O–H groups in total. The second-order valence-corrected chi connectivity index (χ2v) is 5.16. The van der Waals surface area contributed by atoms with Gasteiger partial charge in [0.15, 0.2) is 5.13 Å². The van der Waals surface area contributed by atoms with Crippen molar-refractivity contribution in [2.75, 3.05) is 11.2 Å². The molecule has 0 aromatic carbocycles. The molecule has 1 amide bonds. The van der Waals surface area contributed by atoms with Crippen molar-refractivity contribution in [3.63, 3.8) is 0 Å². The fraction of sp³-hybridized carbons (Fsp3) is 0.636. The van der Waals surface area contributed by atoms with Gasteiger partial charge in [0.05, 0.1) is 5.69 Å². The molecular weight excluding hydrogens is 244 g/mol. The molecule has 0 spiro atoms. The largest absolute Gasteiger partial charge is 0.302 e. The van der Waals surface area contributed by atoms with E-state index in [1.165, 1.54) is 11.3 Å². The van der Waals surface area contributed by atoms with Crippen LogP contribution in [-0.4, -0.2) is 16.8 Å². The molecule has 1 aromatic heterocycles. The third-order valence-electron chi connectivity index (χ3n) is 2.15. The van der Waals surface area contributed by atoms with Crippen molar-refractivity contribution in [1.29, 1.82) is 0 Å². The summed E-state index contributed by atoms with van der Waals surface area (Å²) in [6.07, 6.45) is 2.23. The molecule has 0 fully saturated rings. The fourth-order valence-corrected chi connectivity index (χ4v) is 2.25. The Morgan fingerprint density at radius 1 is 1.56 bits per heavy atom. The van der Waals surface area contributed by atoms with Gasteiger partial charge in [-0.1, -0.05) is 13.8 Å². The Morgan fingerprint density at radius 3 is 2.88 bits per heavy atom. The summed E-state index contributed by atoms with van der Waals surface area (Å²) < 4.78 is 0. The first kappa shape index (κ1) is 13.5. The highest BCUT2D eigenvalue weighted by Crippen LogP contribution is 2.21. The van der Waals surface area contributed by atoms with Crippen LogP contribution in [0.1, 0.15) is 44.7 Å². The number of hydrogen-bond acceptors (Lipinski definition) is 3. The van der Waals surface area contributed by atoms with Gasteiger partial charge < -0.3 is 5.32 Å². The molecule has 0 aliphatic heterocycles. The molecule has 0 atom stereocenters. The SMILES string of the molecule is CC(C)c1csc(NC(=O)CCCCCl)n1. The van der Waals surface area contributed by atoms with Crippen LogP contribution in [0.3, 0.4) is 0 Å². The van der Waals surface area contributed by atoms with Crippen LogP contribution in [0.2, 0.25) is 0 Å². The maximum atomic E-state index is 11.5. The number of thiazole rings is 1. The van der Waals surface area contributed by atoms with Crippen LogP contribution in [0, 0.1) is 0 Å². The van der Waals surface area contributed by atoms with Crippen molar-refractivity contribution >= 4 is 34.0 Å². The number of rotatable bonds is 6. The number of unbranched alkanes of at least 4 members (excludes halogenated alkanes) is 1. The molecule has 90 valence electrons. The van der Waals surface area contributed by atoms with Crippen LogP contribution in [0.25, 0.3) is 0 Å². The second-order valence-electron chi connectivity index (χ2n) is 3.93. The zero-order chi connectivity index (χ0) is 12.0. The quantitative estimate of drug-likeness (QED) is 0.627. The number of halogens is 1. The number of anilines is 1. The van der Waals surface area contributed by atoms with Crippen molar-refractivity contribution in [1.82, 2.24) is 4.98 Å². The topological polar surface area (TPSA) is 42.0 Å². The molecule has 1 aromatic rings. The summed E-state index contributed by atoms with van der Waals surface area (Å²) in [6, 6.07) is 0. The monoisotopic (exact) mass is 260 g/mol. The van der Waals surface area contributed by atoms with Crippen molar-refractivity contribution in [2.24, 2.45) is 0 Å². The zero-order valence-corrected chi connectivity index (χ0v) is 11.2. The van der Waals surface area contributed by atoms with Gasteiger partial charge in [0.1, 0.15) is 0 Å². The average Bonchev–Trinajstić information content (AvgIpc) is 2.66. The first-order valence-electron chi connectivity index (χ1n) is 5.44. The summed E-state index contributed by atoms with van der Waals surface area (Å²) in [5.41, 5.74) is 1.03. The van der Waals surface area contributed by atoms with Crippen molar-refractivity contribution in [3.05, 3.63) is 11.1 Å². The first-order chi connectivity index (χ1) is 7.63. The molecule has 0 unspecified atom stereocenters. The van der Waals surface area contributed by atoms with Crippen LogP contribution in [0.15, 0.2) is 5.38 Å². The predicted octanol–water partition coefficient (Wildman–Crippen LogP) is 3.61. The Balaban J connectivity index is 2.37. The highest BCUT2D eigenvalue weighted by atomic mass is 35.5. The van der Waals surface area contributed by atoms with Crippen molar-refractivity contribution in [2.45, 2.75) is 39.0 Å². The molecule has 5 heteroatoms. The fourth-order valence-electron chi connectivity index (χ4n) is 1.17. The minimum absolute atomic E-state index is 0.0229. The van der Waals surface area contributed by atoms with Gasteiger partial charge in [-0.2, -0.15) is 0 Å². The number of hydrogen-bond donors (Lipinski definition) is 1. The lowest BCUT2D eigenvalue weighted by molar-refractivity contribution is -0.116. The lowest BCUT2D eigenvalue weighted by atomic mass is 10.2. The highest BCUT2D eigenvalue weighted by Gasteiger charge is 2.08. The number of alkyl halides is 1. The van der Waals surface area contributed by atoms with Gasteiger partial charge in [-0.3, -0.25) is 4.79 Å². The van der Waals surface area contributed by atoms with Crippen LogP contribution < -0.4 is 5.32 Å². The number of aromatic nitrogens is 1. The minimum atomic E-state index is 0.0229. The Hall–Kier alpha value is -0.610. The van der Waals surface area contributed by atoms with Gasteiger partial charge in [-0.05, 0) is 18.8 Å². The Bertz CT molecular complexity index is 338. The van der Waals surface area contributed by atoms with Crippen molar-refractivity contribution < 1.29 is 4.79 Å². The molecule has 0 saturated heterocycles. The van der Waals surface area contributed by atoms with Gasteiger partial charge in [0, 0.05) is 17.7 Å². The molecule has 0 aliphatic carbocycles. The van der Waals surface area contributed by atoms with E-state index in [1.807, 2.05) is 5.38 Å². The molecule has 1 rings (SSSR count). The number of nitrogens with one attached hydrogen (secondary N) is 1. The van der Waals surface area contributed by atoms with E-state index in [-0.39, 0.29) is 5.91 Å². The standard InChI is InChI=1S/C11H17ClN2OS/c1-8(2)9-7-16-11(13-9)14-10(15)5-3-4-6-12/h7-8H,3-6H2,1-2H3,(H,13,14,15). The Kier molecular flexibility index (Phi) is 5.77. The van der Waals surface area contributed by atoms with Gasteiger partial charge in [0.2, 0.25) is 5.91 Å². The van der Waals surface area contributed by atoms with E-state index in [2.05, 4.69) is 24.1 Å². The van der Waals surface area contributed by atoms with Gasteiger partial charge >= 0.3 is 0 Å². The van der Waals surface area contributed by atoms with Gasteiger partial charge in [-0.15, -0.1) is 22.9 Å². The van der Waals surface area contributed by atoms with E-state index in [1.54, 1.807) is 0 Å². The summed E-state index contributed by atoms with van der Waals surface area (Å²) in [5.74, 6) is 1.04. The third kappa shape index (κ3) is 4.49. The molecule has 3 nitrogen and oxygen atoms in total. The number of carbonyl (C=O) groups excluding carboxylic acids is 1. The summed E-state index contributed by atoms with van der Waals surface area (Å²) in [6.45, 7) is 4.17. The molecule has 16 heavy (non-hydrogen) atoms. The maximum absolute atomic E-state index is 11.5. The van der Waals surface area contributed by atoms with Gasteiger partial charge in [0.25, 0.3) is 0 Å². The Morgan fingerprint density at radius 2 is 2.31 bits per heavy atom. The Labute approximate surface area is 105 Å². The smallest absolute Gasteiger partial charge is 0.226 e. The van der Waals surface area contributed by atoms with E-state index in [4.69, 9.17) is 11.6 Å². The zero-order valence-electron chi connectivity index (χ0n) is 9.62. The third-order valence-corrected chi connectivity index (χ3v) is 3.19. The summed E-state index contributed by atoms with van der Waals surface area (Å²) in [4.78, 5) is 15.8. The van der Waals surface area contributed by atoms with Crippen LogP contribution in [-0.2, 0) is 4.79 Å². The van der Waals surface area contributed by atoms with Crippen LogP contribution in [0.4, 0.5) is 5.13 Å². The maximum Gasteiger partial charge on any atom is 0.226 e. The number of amides is 1. The number of nitrogens with zero attached hydrogens (tertiary/aromatic N) is 1. The van der Waals surface area contributed by atoms with E-state index in [9.17, 15) is 4.79 Å². The van der Waals surface area contributed by atoms with E-state index < -0.39 is 0 Å². The molecule has 1 heterocycles. The summed E-state index contributed by atoms with van der Waals surface area (Å²) in [7, 11) is 0. The summed E-state index contributed by atoms with van der Waals surface area (Å²) in [5, 5.41) is 5.48. The first-order valence-corrected chi connectivity index (χ1v) is 6.86. The highest BCUT2D eigenvalue weighted by molar-refractivity contribution is 7.13. The minimum Gasteiger partial charge on any atom is -0.302 e. The number of carbonyl (C=O) groups is 1. The van der Waals surface area contributed by atoms with Gasteiger partial charge in [-0.25, -0.2) is 4.98 Å². The van der Waals surface area contributed by atoms with Crippen molar-refractivity contribution in [3.8, 4) is 0 Å². The van der Waals surface area contributed by atoms with Crippen LogP contribution in [0.5, 0.6) is 0 Å². The van der Waals surface area contributed by atoms with E-state index >= 15 is 0 Å². The predicted molar refractivity (Wildman–Crippen MR) is 69.4 cm³/mol. The van der Waals surface area contributed by atoms with Crippen LogP contribution >= 0.6 is 22.9 Å². The lowest BCUT2D eigenvalue weighted by Gasteiger charge is -2.01. The summed E-state index contributed by atoms with van der Waals surface area (Å²) >= 11 is 7.02. The average molecular weight is 261 g/mol.